The van der Waals surface area contributed by atoms with Gasteiger partial charge in [0.1, 0.15) is 0 Å². The van der Waals surface area contributed by atoms with Crippen LogP contribution in [0.5, 0.6) is 0 Å². The van der Waals surface area contributed by atoms with Gasteiger partial charge in [-0.15, -0.1) is 0 Å². The first-order valence-electron chi connectivity index (χ1n) is 13.9. The Morgan fingerprint density at radius 3 is 2.26 bits per heavy atom. The number of benzene rings is 2. The van der Waals surface area contributed by atoms with Crippen molar-refractivity contribution in [3.05, 3.63) is 64.7 Å². The molecule has 2 aromatic carbocycles. The number of carbonyl (C=O) groups is 2. The third kappa shape index (κ3) is 6.18. The molecule has 1 N–H and O–H groups in total. The molecular weight excluding hydrogens is 534 g/mol. The second-order valence-electron chi connectivity index (χ2n) is 11.9. The fraction of sp³-hybridized carbons (Fsp3) is 0.533. The average molecular weight is 572 g/mol. The highest BCUT2D eigenvalue weighted by atomic mass is 35.5. The SMILES string of the molecule is CC1(C(=O)NC(CCN2CCC3(CC2)CCN(Cc2ccc(S(C)(=O)=O)cc2)C3=O)c2ccccc2Cl)CC1. The highest BCUT2D eigenvalue weighted by molar-refractivity contribution is 7.90. The molecule has 39 heavy (non-hydrogen) atoms. The Bertz CT molecular complexity index is 1330. The number of nitrogens with one attached hydrogen (secondary N) is 1. The lowest BCUT2D eigenvalue weighted by Gasteiger charge is -2.38. The number of sulfone groups is 1. The van der Waals surface area contributed by atoms with Gasteiger partial charge in [-0.1, -0.05) is 48.9 Å². The van der Waals surface area contributed by atoms with Gasteiger partial charge in [-0.2, -0.15) is 0 Å². The summed E-state index contributed by atoms with van der Waals surface area (Å²) in [5.74, 6) is 0.320. The van der Waals surface area contributed by atoms with Gasteiger partial charge in [0.05, 0.1) is 16.4 Å². The van der Waals surface area contributed by atoms with Crippen molar-refractivity contribution in [2.75, 3.05) is 32.4 Å². The molecule has 2 aliphatic heterocycles. The van der Waals surface area contributed by atoms with Crippen molar-refractivity contribution in [1.29, 1.82) is 0 Å². The van der Waals surface area contributed by atoms with Crippen molar-refractivity contribution in [1.82, 2.24) is 15.1 Å². The number of piperidine rings is 1. The van der Waals surface area contributed by atoms with Gasteiger partial charge in [0, 0.05) is 36.3 Å². The Labute approximate surface area is 236 Å². The maximum Gasteiger partial charge on any atom is 0.229 e. The quantitative estimate of drug-likeness (QED) is 0.475. The van der Waals surface area contributed by atoms with Gasteiger partial charge in [-0.05, 0) is 80.9 Å². The van der Waals surface area contributed by atoms with E-state index in [4.69, 9.17) is 11.6 Å². The summed E-state index contributed by atoms with van der Waals surface area (Å²) in [5.41, 5.74) is 1.34. The lowest BCUT2D eigenvalue weighted by molar-refractivity contribution is -0.139. The maximum absolute atomic E-state index is 13.5. The van der Waals surface area contributed by atoms with Crippen LogP contribution in [-0.4, -0.2) is 62.5 Å². The first-order valence-corrected chi connectivity index (χ1v) is 16.1. The number of halogens is 1. The summed E-state index contributed by atoms with van der Waals surface area (Å²) in [6, 6.07) is 14.4. The van der Waals surface area contributed by atoms with E-state index in [9.17, 15) is 18.0 Å². The Morgan fingerprint density at radius 2 is 1.64 bits per heavy atom. The Hall–Kier alpha value is -2.42. The van der Waals surface area contributed by atoms with Crippen LogP contribution in [0.3, 0.4) is 0 Å². The molecule has 3 fully saturated rings. The van der Waals surface area contributed by atoms with E-state index in [2.05, 4.69) is 10.2 Å². The lowest BCUT2D eigenvalue weighted by Crippen LogP contribution is -2.45. The van der Waals surface area contributed by atoms with Gasteiger partial charge in [-0.3, -0.25) is 9.59 Å². The van der Waals surface area contributed by atoms with E-state index in [0.29, 0.717) is 16.5 Å². The fourth-order valence-corrected chi connectivity index (χ4v) is 6.79. The van der Waals surface area contributed by atoms with E-state index >= 15 is 0 Å². The molecule has 0 bridgehead atoms. The van der Waals surface area contributed by atoms with E-state index in [1.54, 1.807) is 24.3 Å². The van der Waals surface area contributed by atoms with Crippen molar-refractivity contribution in [3.8, 4) is 0 Å². The molecule has 9 heteroatoms. The van der Waals surface area contributed by atoms with Crippen LogP contribution >= 0.6 is 11.6 Å². The summed E-state index contributed by atoms with van der Waals surface area (Å²) in [4.78, 5) is 31.0. The monoisotopic (exact) mass is 571 g/mol. The molecule has 2 aromatic rings. The molecule has 1 atom stereocenters. The van der Waals surface area contributed by atoms with Crippen LogP contribution in [0.25, 0.3) is 0 Å². The fourth-order valence-electron chi connectivity index (χ4n) is 5.90. The third-order valence-electron chi connectivity index (χ3n) is 9.01. The number of carbonyl (C=O) groups excluding carboxylic acids is 2. The number of hydrogen-bond donors (Lipinski definition) is 1. The smallest absolute Gasteiger partial charge is 0.229 e. The van der Waals surface area contributed by atoms with Crippen LogP contribution in [0.2, 0.25) is 5.02 Å². The van der Waals surface area contributed by atoms with Crippen LogP contribution in [0.15, 0.2) is 53.4 Å². The van der Waals surface area contributed by atoms with Crippen molar-refractivity contribution < 1.29 is 18.0 Å². The summed E-state index contributed by atoms with van der Waals surface area (Å²) in [6.45, 7) is 5.78. The molecule has 2 saturated heterocycles. The molecule has 0 radical (unpaired) electrons. The van der Waals surface area contributed by atoms with Gasteiger partial charge >= 0.3 is 0 Å². The van der Waals surface area contributed by atoms with Crippen molar-refractivity contribution >= 4 is 33.3 Å². The summed E-state index contributed by atoms with van der Waals surface area (Å²) in [5, 5.41) is 3.94. The molecule has 1 unspecified atom stereocenters. The highest BCUT2D eigenvalue weighted by Crippen LogP contribution is 2.46. The van der Waals surface area contributed by atoms with E-state index in [0.717, 1.165) is 75.8 Å². The van der Waals surface area contributed by atoms with Gasteiger partial charge in [0.2, 0.25) is 11.8 Å². The first kappa shape index (κ1) is 28.1. The van der Waals surface area contributed by atoms with E-state index in [1.807, 2.05) is 36.1 Å². The van der Waals surface area contributed by atoms with Crippen LogP contribution in [0.1, 0.15) is 62.6 Å². The average Bonchev–Trinajstić information content (AvgIpc) is 3.61. The number of rotatable bonds is 9. The number of amides is 2. The second-order valence-corrected chi connectivity index (χ2v) is 14.3. The largest absolute Gasteiger partial charge is 0.349 e. The Morgan fingerprint density at radius 1 is 1.00 bits per heavy atom. The lowest BCUT2D eigenvalue weighted by atomic mass is 9.77. The zero-order chi connectivity index (χ0) is 27.8. The minimum absolute atomic E-state index is 0.104. The van der Waals surface area contributed by atoms with Crippen LogP contribution < -0.4 is 5.32 Å². The summed E-state index contributed by atoms with van der Waals surface area (Å²) < 4.78 is 23.5. The van der Waals surface area contributed by atoms with Crippen molar-refractivity contribution in [2.24, 2.45) is 10.8 Å². The molecule has 7 nitrogen and oxygen atoms in total. The molecule has 1 saturated carbocycles. The van der Waals surface area contributed by atoms with Crippen molar-refractivity contribution in [3.63, 3.8) is 0 Å². The number of hydrogen-bond acceptors (Lipinski definition) is 5. The molecule has 1 aliphatic carbocycles. The predicted molar refractivity (Wildman–Crippen MR) is 152 cm³/mol. The summed E-state index contributed by atoms with van der Waals surface area (Å²) in [7, 11) is -3.24. The molecule has 1 spiro atoms. The van der Waals surface area contributed by atoms with E-state index < -0.39 is 9.84 Å². The molecule has 3 aliphatic rings. The summed E-state index contributed by atoms with van der Waals surface area (Å²) >= 11 is 6.52. The zero-order valence-corrected chi connectivity index (χ0v) is 24.4. The van der Waals surface area contributed by atoms with Crippen LogP contribution in [0.4, 0.5) is 0 Å². The molecule has 5 rings (SSSR count). The van der Waals surface area contributed by atoms with Gasteiger partial charge in [-0.25, -0.2) is 8.42 Å². The predicted octanol–water partition coefficient (Wildman–Crippen LogP) is 4.61. The van der Waals surface area contributed by atoms with Crippen LogP contribution in [-0.2, 0) is 26.0 Å². The first-order chi connectivity index (χ1) is 18.5. The zero-order valence-electron chi connectivity index (χ0n) is 22.8. The third-order valence-corrected chi connectivity index (χ3v) is 10.5. The van der Waals surface area contributed by atoms with Gasteiger partial charge in [0.15, 0.2) is 9.84 Å². The topological polar surface area (TPSA) is 86.8 Å². The number of likely N-dealkylation sites (tertiary alicyclic amines) is 2. The standard InChI is InChI=1S/C30H38ClN3O4S/c1-29(12-13-29)27(35)32-26(24-5-3-4-6-25(24)31)11-17-33-18-14-30(15-19-33)16-20-34(28(30)36)21-22-7-9-23(10-8-22)39(2,37)38/h3-10,26H,11-21H2,1-2H3,(H,32,35). The van der Waals surface area contributed by atoms with E-state index in [1.165, 1.54) is 6.26 Å². The minimum atomic E-state index is -3.24. The second kappa shape index (κ2) is 10.9. The highest BCUT2D eigenvalue weighted by Gasteiger charge is 2.48. The van der Waals surface area contributed by atoms with Crippen molar-refractivity contribution in [2.45, 2.75) is 62.9 Å². The molecule has 2 heterocycles. The molecule has 0 aromatic heterocycles. The van der Waals surface area contributed by atoms with Crippen LogP contribution in [0, 0.1) is 10.8 Å². The van der Waals surface area contributed by atoms with Gasteiger partial charge in [0.25, 0.3) is 0 Å². The molecular formula is C30H38ClN3O4S. The maximum atomic E-state index is 13.5. The number of nitrogens with zero attached hydrogens (tertiary/aromatic N) is 2. The summed E-state index contributed by atoms with van der Waals surface area (Å²) in [6.07, 6.45) is 6.34. The molecule has 210 valence electrons. The van der Waals surface area contributed by atoms with Gasteiger partial charge < -0.3 is 15.1 Å². The minimum Gasteiger partial charge on any atom is -0.349 e. The van der Waals surface area contributed by atoms with E-state index in [-0.39, 0.29) is 28.7 Å². The Balaban J connectivity index is 1.16. The Kier molecular flexibility index (Phi) is 7.83. The normalized spacial score (nSPS) is 21.2. The molecule has 2 amide bonds.